The number of nitrogens with one attached hydrogen (secondary N) is 1. The van der Waals surface area contributed by atoms with Crippen molar-refractivity contribution in [3.63, 3.8) is 0 Å². The number of halogens is 1. The third-order valence-electron chi connectivity index (χ3n) is 3.56. The Balaban J connectivity index is 2.70. The number of rotatable bonds is 7. The third-order valence-corrected chi connectivity index (χ3v) is 3.56. The van der Waals surface area contributed by atoms with E-state index in [-0.39, 0.29) is 5.82 Å². The van der Waals surface area contributed by atoms with E-state index in [2.05, 4.69) is 12.2 Å². The molecule has 1 atom stereocenters. The van der Waals surface area contributed by atoms with Crippen LogP contribution >= 0.6 is 0 Å². The number of hydrogen-bond donors (Lipinski definition) is 1. The first-order valence-corrected chi connectivity index (χ1v) is 7.04. The zero-order valence-corrected chi connectivity index (χ0v) is 12.1. The molecule has 0 saturated heterocycles. The molecule has 0 saturated carbocycles. The van der Waals surface area contributed by atoms with E-state index in [4.69, 9.17) is 0 Å². The number of hydrogen-bond acceptors (Lipinski definition) is 1. The Morgan fingerprint density at radius 1 is 1.11 bits per heavy atom. The zero-order chi connectivity index (χ0) is 13.5. The first-order chi connectivity index (χ1) is 8.60. The van der Waals surface area contributed by atoms with Crippen LogP contribution in [-0.2, 0) is 0 Å². The van der Waals surface area contributed by atoms with Gasteiger partial charge in [-0.2, -0.15) is 0 Å². The minimum atomic E-state index is -0.0698. The van der Waals surface area contributed by atoms with Gasteiger partial charge in [0.05, 0.1) is 0 Å². The van der Waals surface area contributed by atoms with Crippen molar-refractivity contribution >= 4 is 0 Å². The van der Waals surface area contributed by atoms with Gasteiger partial charge in [0.15, 0.2) is 0 Å². The summed E-state index contributed by atoms with van der Waals surface area (Å²) in [5.74, 6) is -0.0698. The molecule has 0 fully saturated rings. The first-order valence-electron chi connectivity index (χ1n) is 7.04. The average molecular weight is 251 g/mol. The van der Waals surface area contributed by atoms with Crippen molar-refractivity contribution in [3.05, 3.63) is 34.6 Å². The summed E-state index contributed by atoms with van der Waals surface area (Å²) in [7, 11) is 1.98. The fraction of sp³-hybridized carbons (Fsp3) is 0.625. The lowest BCUT2D eigenvalue weighted by Gasteiger charge is -2.18. The molecule has 2 heteroatoms. The largest absolute Gasteiger partial charge is 0.313 e. The molecule has 1 aromatic carbocycles. The Hall–Kier alpha value is -0.890. The van der Waals surface area contributed by atoms with Crippen LogP contribution in [0.3, 0.4) is 0 Å². The van der Waals surface area contributed by atoms with Crippen LogP contribution < -0.4 is 5.32 Å². The normalized spacial score (nSPS) is 12.7. The molecule has 0 aliphatic carbocycles. The minimum absolute atomic E-state index is 0.0698. The number of benzene rings is 1. The van der Waals surface area contributed by atoms with Crippen molar-refractivity contribution in [3.8, 4) is 0 Å². The Morgan fingerprint density at radius 3 is 2.22 bits per heavy atom. The van der Waals surface area contributed by atoms with E-state index in [0.29, 0.717) is 6.04 Å². The Morgan fingerprint density at radius 2 is 1.72 bits per heavy atom. The summed E-state index contributed by atoms with van der Waals surface area (Å²) in [6.07, 6.45) is 6.21. The van der Waals surface area contributed by atoms with Crippen molar-refractivity contribution in [1.82, 2.24) is 5.32 Å². The fourth-order valence-corrected chi connectivity index (χ4v) is 2.43. The highest BCUT2D eigenvalue weighted by Gasteiger charge is 2.12. The van der Waals surface area contributed by atoms with E-state index in [1.807, 2.05) is 33.0 Å². The Labute approximate surface area is 111 Å². The quantitative estimate of drug-likeness (QED) is 0.694. The van der Waals surface area contributed by atoms with E-state index in [1.165, 1.54) is 31.2 Å². The molecule has 1 rings (SSSR count). The number of aryl methyl sites for hydroxylation is 2. The van der Waals surface area contributed by atoms with Crippen molar-refractivity contribution in [2.75, 3.05) is 7.05 Å². The van der Waals surface area contributed by atoms with Gasteiger partial charge >= 0.3 is 0 Å². The second-order valence-corrected chi connectivity index (χ2v) is 5.16. The minimum Gasteiger partial charge on any atom is -0.313 e. The van der Waals surface area contributed by atoms with Crippen LogP contribution in [0.5, 0.6) is 0 Å². The molecule has 18 heavy (non-hydrogen) atoms. The van der Waals surface area contributed by atoms with Crippen molar-refractivity contribution in [2.45, 2.75) is 58.9 Å². The van der Waals surface area contributed by atoms with Crippen LogP contribution in [-0.4, -0.2) is 7.05 Å². The summed E-state index contributed by atoms with van der Waals surface area (Å²) in [4.78, 5) is 0. The smallest absolute Gasteiger partial charge is 0.129 e. The van der Waals surface area contributed by atoms with Crippen molar-refractivity contribution in [1.29, 1.82) is 0 Å². The highest BCUT2D eigenvalue weighted by molar-refractivity contribution is 5.32. The summed E-state index contributed by atoms with van der Waals surface area (Å²) in [6, 6.07) is 4.30. The molecule has 0 aliphatic heterocycles. The molecule has 0 spiro atoms. The van der Waals surface area contributed by atoms with Crippen LogP contribution in [0.2, 0.25) is 0 Å². The second-order valence-electron chi connectivity index (χ2n) is 5.16. The predicted octanol–water partition coefficient (Wildman–Crippen LogP) is 4.67. The molecule has 0 aromatic heterocycles. The van der Waals surface area contributed by atoms with Gasteiger partial charge in [0, 0.05) is 6.04 Å². The van der Waals surface area contributed by atoms with Gasteiger partial charge in [0.2, 0.25) is 0 Å². The van der Waals surface area contributed by atoms with Gasteiger partial charge < -0.3 is 5.32 Å². The lowest BCUT2D eigenvalue weighted by atomic mass is 9.96. The molecule has 0 bridgehead atoms. The van der Waals surface area contributed by atoms with Gasteiger partial charge in [-0.15, -0.1) is 0 Å². The van der Waals surface area contributed by atoms with Crippen LogP contribution in [0.4, 0.5) is 4.39 Å². The van der Waals surface area contributed by atoms with Crippen molar-refractivity contribution < 1.29 is 4.39 Å². The molecule has 1 N–H and O–H groups in total. The van der Waals surface area contributed by atoms with Crippen LogP contribution in [0, 0.1) is 19.7 Å². The molecule has 102 valence electrons. The van der Waals surface area contributed by atoms with Crippen molar-refractivity contribution in [2.24, 2.45) is 0 Å². The second kappa shape index (κ2) is 7.52. The molecule has 0 amide bonds. The molecular weight excluding hydrogens is 225 g/mol. The Kier molecular flexibility index (Phi) is 6.34. The van der Waals surface area contributed by atoms with Gasteiger partial charge in [0.1, 0.15) is 5.82 Å². The van der Waals surface area contributed by atoms with Crippen LogP contribution in [0.1, 0.15) is 61.8 Å². The van der Waals surface area contributed by atoms with E-state index >= 15 is 0 Å². The topological polar surface area (TPSA) is 12.0 Å². The standard InChI is InChI=1S/C16H26FN/c1-5-6-7-8-9-15(18-4)14-10-12(2)16(17)13(3)11-14/h10-11,15,18H,5-9H2,1-4H3. The molecule has 1 nitrogen and oxygen atoms in total. The maximum absolute atomic E-state index is 13.6. The molecule has 1 unspecified atom stereocenters. The summed E-state index contributed by atoms with van der Waals surface area (Å²) in [6.45, 7) is 5.91. The molecule has 0 radical (unpaired) electrons. The van der Waals surface area contributed by atoms with Gasteiger partial charge in [-0.05, 0) is 44.0 Å². The fourth-order valence-electron chi connectivity index (χ4n) is 2.43. The van der Waals surface area contributed by atoms with E-state index in [0.717, 1.165) is 17.5 Å². The van der Waals surface area contributed by atoms with Crippen LogP contribution in [0.15, 0.2) is 12.1 Å². The van der Waals surface area contributed by atoms with Gasteiger partial charge in [0.25, 0.3) is 0 Å². The van der Waals surface area contributed by atoms with E-state index in [1.54, 1.807) is 0 Å². The lowest BCUT2D eigenvalue weighted by molar-refractivity contribution is 0.503. The summed E-state index contributed by atoms with van der Waals surface area (Å²) >= 11 is 0. The first kappa shape index (κ1) is 15.2. The van der Waals surface area contributed by atoms with Crippen LogP contribution in [0.25, 0.3) is 0 Å². The maximum atomic E-state index is 13.6. The molecular formula is C16H26FN. The Bertz CT molecular complexity index is 350. The SMILES string of the molecule is CCCCCCC(NC)c1cc(C)c(F)c(C)c1. The zero-order valence-electron chi connectivity index (χ0n) is 12.1. The summed E-state index contributed by atoms with van der Waals surface area (Å²) < 4.78 is 13.6. The highest BCUT2D eigenvalue weighted by atomic mass is 19.1. The summed E-state index contributed by atoms with van der Waals surface area (Å²) in [5.41, 5.74) is 2.71. The lowest BCUT2D eigenvalue weighted by Crippen LogP contribution is -2.17. The summed E-state index contributed by atoms with van der Waals surface area (Å²) in [5, 5.41) is 3.35. The molecule has 1 aromatic rings. The van der Waals surface area contributed by atoms with Gasteiger partial charge in [-0.3, -0.25) is 0 Å². The van der Waals surface area contributed by atoms with E-state index < -0.39 is 0 Å². The third kappa shape index (κ3) is 4.09. The van der Waals surface area contributed by atoms with Gasteiger partial charge in [-0.1, -0.05) is 44.7 Å². The average Bonchev–Trinajstić information content (AvgIpc) is 2.35. The molecule has 0 heterocycles. The predicted molar refractivity (Wildman–Crippen MR) is 76.4 cm³/mol. The highest BCUT2D eigenvalue weighted by Crippen LogP contribution is 2.24. The van der Waals surface area contributed by atoms with E-state index in [9.17, 15) is 4.39 Å². The molecule has 0 aliphatic rings. The van der Waals surface area contributed by atoms with Gasteiger partial charge in [-0.25, -0.2) is 4.39 Å². The number of unbranched alkanes of at least 4 members (excludes halogenated alkanes) is 3. The maximum Gasteiger partial charge on any atom is 0.129 e. The monoisotopic (exact) mass is 251 g/mol.